The minimum atomic E-state index is -3.73. The van der Waals surface area contributed by atoms with Gasteiger partial charge in [-0.2, -0.15) is 4.31 Å². The molecule has 0 radical (unpaired) electrons. The van der Waals surface area contributed by atoms with Crippen LogP contribution in [0.15, 0.2) is 51.8 Å². The number of amides is 1. The molecule has 1 fully saturated rings. The largest absolute Gasteiger partial charge is 0.300 e. The van der Waals surface area contributed by atoms with Gasteiger partial charge in [0.05, 0.1) is 22.8 Å². The summed E-state index contributed by atoms with van der Waals surface area (Å²) in [6.45, 7) is 1.77. The van der Waals surface area contributed by atoms with Gasteiger partial charge in [0.25, 0.3) is 5.78 Å². The highest BCUT2D eigenvalue weighted by Gasteiger charge is 2.37. The number of anilines is 1. The number of sulfonamides is 1. The van der Waals surface area contributed by atoms with Gasteiger partial charge in [-0.1, -0.05) is 15.9 Å². The molecule has 0 bridgehead atoms. The molecule has 2 aromatic rings. The van der Waals surface area contributed by atoms with Crippen molar-refractivity contribution in [2.45, 2.75) is 11.3 Å². The van der Waals surface area contributed by atoms with E-state index in [0.29, 0.717) is 37.3 Å². The number of carbonyl (C=O) groups excluding carboxylic acids is 2. The van der Waals surface area contributed by atoms with Crippen molar-refractivity contribution in [3.05, 3.63) is 58.3 Å². The lowest BCUT2D eigenvalue weighted by Gasteiger charge is -2.26. The summed E-state index contributed by atoms with van der Waals surface area (Å²) in [5.74, 6) is -1.61. The molecule has 0 aliphatic carbocycles. The smallest absolute Gasteiger partial charge is 0.291 e. The van der Waals surface area contributed by atoms with Crippen LogP contribution in [0.3, 0.4) is 0 Å². The first-order valence-corrected chi connectivity index (χ1v) is 11.6. The molecule has 0 spiro atoms. The first kappa shape index (κ1) is 21.1. The lowest BCUT2D eigenvalue weighted by atomic mass is 10.1. The fourth-order valence-corrected chi connectivity index (χ4v) is 5.53. The Morgan fingerprint density at radius 3 is 2.43 bits per heavy atom. The van der Waals surface area contributed by atoms with Crippen LogP contribution in [0.2, 0.25) is 0 Å². The maximum Gasteiger partial charge on any atom is 0.300 e. The summed E-state index contributed by atoms with van der Waals surface area (Å²) in [6, 6.07) is 9.91. The summed E-state index contributed by atoms with van der Waals surface area (Å²) in [6.07, 6.45) is 0.573. The highest BCUT2D eigenvalue weighted by Crippen LogP contribution is 2.31. The number of hydrogen-bond acceptors (Lipinski definition) is 5. The third kappa shape index (κ3) is 3.92. The Kier molecular flexibility index (Phi) is 5.75. The zero-order valence-electron chi connectivity index (χ0n) is 15.9. The summed E-state index contributed by atoms with van der Waals surface area (Å²) in [5.41, 5.74) is 0.929. The van der Waals surface area contributed by atoms with Crippen molar-refractivity contribution in [3.63, 3.8) is 0 Å². The van der Waals surface area contributed by atoms with Crippen LogP contribution in [0, 0.1) is 5.82 Å². The fraction of sp³-hybridized carbons (Fsp3) is 0.300. The van der Waals surface area contributed by atoms with Crippen LogP contribution in [0.5, 0.6) is 0 Å². The van der Waals surface area contributed by atoms with Gasteiger partial charge in [0.15, 0.2) is 0 Å². The molecule has 1 amide bonds. The van der Waals surface area contributed by atoms with Crippen LogP contribution >= 0.6 is 15.9 Å². The van der Waals surface area contributed by atoms with Gasteiger partial charge in [-0.05, 0) is 48.9 Å². The van der Waals surface area contributed by atoms with E-state index < -0.39 is 27.5 Å². The highest BCUT2D eigenvalue weighted by molar-refractivity contribution is 9.10. The minimum Gasteiger partial charge on any atom is -0.291 e. The molecular weight excluding hydrogens is 477 g/mol. The number of Topliss-reactive ketones (excluding diaryl/α,β-unsaturated/α-hetero) is 1. The van der Waals surface area contributed by atoms with Crippen LogP contribution in [0.25, 0.3) is 0 Å². The van der Waals surface area contributed by atoms with Gasteiger partial charge in [0, 0.05) is 30.7 Å². The molecule has 0 saturated carbocycles. The fourth-order valence-electron chi connectivity index (χ4n) is 3.70. The van der Waals surface area contributed by atoms with Crippen molar-refractivity contribution in [2.75, 3.05) is 37.7 Å². The summed E-state index contributed by atoms with van der Waals surface area (Å²) >= 11 is 3.31. The van der Waals surface area contributed by atoms with Gasteiger partial charge in [-0.3, -0.25) is 19.4 Å². The molecule has 2 aliphatic heterocycles. The van der Waals surface area contributed by atoms with Gasteiger partial charge in [0.1, 0.15) is 5.82 Å². The third-order valence-electron chi connectivity index (χ3n) is 5.27. The van der Waals surface area contributed by atoms with Crippen molar-refractivity contribution in [2.24, 2.45) is 0 Å². The Morgan fingerprint density at radius 1 is 0.967 bits per heavy atom. The van der Waals surface area contributed by atoms with Crippen molar-refractivity contribution in [3.8, 4) is 0 Å². The van der Waals surface area contributed by atoms with Crippen molar-refractivity contribution in [1.29, 1.82) is 0 Å². The van der Waals surface area contributed by atoms with E-state index in [0.717, 1.165) is 16.6 Å². The second kappa shape index (κ2) is 8.18. The second-order valence-corrected chi connectivity index (χ2v) is 10.0. The Morgan fingerprint density at radius 2 is 1.70 bits per heavy atom. The Balaban J connectivity index is 1.47. The van der Waals surface area contributed by atoms with Crippen LogP contribution in [-0.2, 0) is 14.8 Å². The lowest BCUT2D eigenvalue weighted by Crippen LogP contribution is -2.43. The van der Waals surface area contributed by atoms with Crippen LogP contribution in [0.4, 0.5) is 10.1 Å². The van der Waals surface area contributed by atoms with E-state index in [-0.39, 0.29) is 18.1 Å². The Bertz CT molecular complexity index is 1110. The van der Waals surface area contributed by atoms with Gasteiger partial charge in [0.2, 0.25) is 10.0 Å². The quantitative estimate of drug-likeness (QED) is 0.608. The van der Waals surface area contributed by atoms with Crippen LogP contribution < -0.4 is 4.90 Å². The lowest BCUT2D eigenvalue weighted by molar-refractivity contribution is -0.114. The van der Waals surface area contributed by atoms with Gasteiger partial charge < -0.3 is 0 Å². The summed E-state index contributed by atoms with van der Waals surface area (Å²) < 4.78 is 41.0. The topological polar surface area (TPSA) is 78.0 Å². The molecular formula is C20H19BrFN3O4S. The predicted octanol–water partition coefficient (Wildman–Crippen LogP) is 2.47. The van der Waals surface area contributed by atoms with E-state index in [9.17, 15) is 22.4 Å². The number of fused-ring (bicyclic) bond motifs is 1. The number of carbonyl (C=O) groups is 2. The number of ketones is 1. The van der Waals surface area contributed by atoms with Crippen molar-refractivity contribution < 1.29 is 22.4 Å². The Labute approximate surface area is 182 Å². The van der Waals surface area contributed by atoms with Crippen LogP contribution in [0.1, 0.15) is 16.8 Å². The molecule has 0 unspecified atom stereocenters. The average Bonchev–Trinajstić information content (AvgIpc) is 2.88. The third-order valence-corrected chi connectivity index (χ3v) is 7.68. The van der Waals surface area contributed by atoms with E-state index in [4.69, 9.17) is 0 Å². The number of rotatable bonds is 4. The maximum atomic E-state index is 13.1. The molecule has 1 saturated heterocycles. The van der Waals surface area contributed by atoms with Crippen molar-refractivity contribution in [1.82, 2.24) is 9.21 Å². The highest BCUT2D eigenvalue weighted by atomic mass is 79.9. The molecule has 10 heteroatoms. The molecule has 158 valence electrons. The number of benzene rings is 2. The zero-order chi connectivity index (χ0) is 21.5. The minimum absolute atomic E-state index is 0.0529. The molecule has 2 heterocycles. The predicted molar refractivity (Wildman–Crippen MR) is 112 cm³/mol. The number of hydrogen-bond donors (Lipinski definition) is 0. The van der Waals surface area contributed by atoms with E-state index in [2.05, 4.69) is 15.9 Å². The monoisotopic (exact) mass is 495 g/mol. The summed E-state index contributed by atoms with van der Waals surface area (Å²) in [5, 5.41) is 0. The molecule has 0 atom stereocenters. The van der Waals surface area contributed by atoms with E-state index in [1.54, 1.807) is 18.2 Å². The van der Waals surface area contributed by atoms with Crippen molar-refractivity contribution >= 4 is 43.3 Å². The van der Waals surface area contributed by atoms with E-state index in [1.165, 1.54) is 21.3 Å². The number of nitrogens with zero attached hydrogens (tertiary/aromatic N) is 3. The summed E-state index contributed by atoms with van der Waals surface area (Å²) in [4.78, 5) is 28.2. The molecule has 2 aliphatic rings. The molecule has 7 nitrogen and oxygen atoms in total. The second-order valence-electron chi connectivity index (χ2n) is 7.19. The zero-order valence-corrected chi connectivity index (χ0v) is 18.3. The first-order valence-electron chi connectivity index (χ1n) is 9.41. The van der Waals surface area contributed by atoms with Gasteiger partial charge in [-0.15, -0.1) is 0 Å². The maximum absolute atomic E-state index is 13.1. The standard InChI is InChI=1S/C20H19BrFN3O4S/c21-14-2-7-18-17(12-14)19(26)20(27)25(18)13-23-8-1-9-24(11-10-23)30(28,29)16-5-3-15(22)4-6-16/h2-7,12H,1,8-11,13H2. The molecule has 30 heavy (non-hydrogen) atoms. The van der Waals surface area contributed by atoms with E-state index >= 15 is 0 Å². The number of halogens is 2. The molecule has 2 aromatic carbocycles. The molecule has 4 rings (SSSR count). The van der Waals surface area contributed by atoms with Gasteiger partial charge in [-0.25, -0.2) is 12.8 Å². The summed E-state index contributed by atoms with van der Waals surface area (Å²) in [7, 11) is -3.73. The van der Waals surface area contributed by atoms with Crippen LogP contribution in [-0.4, -0.2) is 62.2 Å². The molecule has 0 aromatic heterocycles. The average molecular weight is 496 g/mol. The first-order chi connectivity index (χ1) is 14.3. The Hall–Kier alpha value is -2.14. The molecule has 0 N–H and O–H groups in total. The van der Waals surface area contributed by atoms with Gasteiger partial charge >= 0.3 is 5.91 Å². The van der Waals surface area contributed by atoms with E-state index in [1.807, 2.05) is 4.90 Å². The SMILES string of the molecule is O=C1C(=O)N(CN2CCCN(S(=O)(=O)c3ccc(F)cc3)CC2)c2ccc(Br)cc21. The normalized spacial score (nSPS) is 18.5.